The molecule has 0 radical (unpaired) electrons. The largest absolute Gasteiger partial charge is 0.456 e. The van der Waals surface area contributed by atoms with Gasteiger partial charge in [0, 0.05) is 42.0 Å². The molecule has 1 aliphatic heterocycles. The van der Waals surface area contributed by atoms with Crippen LogP contribution in [0.15, 0.2) is 59.4 Å². The monoisotopic (exact) mass is 445 g/mol. The van der Waals surface area contributed by atoms with Crippen LogP contribution in [0.5, 0.6) is 0 Å². The summed E-state index contributed by atoms with van der Waals surface area (Å²) < 4.78 is 13.4. The molecule has 1 atom stereocenters. The molecule has 170 valence electrons. The zero-order chi connectivity index (χ0) is 23.2. The van der Waals surface area contributed by atoms with Gasteiger partial charge in [0.25, 0.3) is 0 Å². The maximum absolute atomic E-state index is 12.4. The van der Waals surface area contributed by atoms with Crippen molar-refractivity contribution in [2.75, 3.05) is 18.8 Å². The third-order valence-electron chi connectivity index (χ3n) is 5.73. The second-order valence-electron chi connectivity index (χ2n) is 9.38. The van der Waals surface area contributed by atoms with Gasteiger partial charge < -0.3 is 19.8 Å². The lowest BCUT2D eigenvalue weighted by Crippen LogP contribution is -2.35. The maximum Gasteiger partial charge on any atom is 0.410 e. The Hall–Kier alpha value is -3.81. The molecule has 1 saturated heterocycles. The topological polar surface area (TPSA) is 99.4 Å². The molecule has 2 N–H and O–H groups in total. The molecule has 1 fully saturated rings. The number of amides is 1. The number of fused-ring (bicyclic) bond motifs is 1. The molecule has 0 aliphatic carbocycles. The summed E-state index contributed by atoms with van der Waals surface area (Å²) in [5.41, 5.74) is 9.04. The number of furan rings is 1. The van der Waals surface area contributed by atoms with Gasteiger partial charge in [0.2, 0.25) is 0 Å². The summed E-state index contributed by atoms with van der Waals surface area (Å²) in [5, 5.41) is 5.57. The van der Waals surface area contributed by atoms with Crippen LogP contribution in [-0.4, -0.2) is 44.4 Å². The van der Waals surface area contributed by atoms with E-state index in [1.54, 1.807) is 11.1 Å². The summed E-state index contributed by atoms with van der Waals surface area (Å²) in [7, 11) is 0. The maximum atomic E-state index is 12.4. The van der Waals surface area contributed by atoms with Crippen LogP contribution >= 0.6 is 0 Å². The first-order valence-corrected chi connectivity index (χ1v) is 11.0. The zero-order valence-electron chi connectivity index (χ0n) is 19.0. The Balaban J connectivity index is 1.36. The van der Waals surface area contributed by atoms with E-state index >= 15 is 0 Å². The van der Waals surface area contributed by atoms with E-state index in [-0.39, 0.29) is 12.1 Å². The normalized spacial score (nSPS) is 16.5. The highest BCUT2D eigenvalue weighted by Gasteiger charge is 2.31. The van der Waals surface area contributed by atoms with E-state index in [2.05, 4.69) is 10.1 Å². The van der Waals surface area contributed by atoms with Crippen molar-refractivity contribution < 1.29 is 13.9 Å². The van der Waals surface area contributed by atoms with E-state index in [4.69, 9.17) is 14.9 Å². The molecule has 4 heterocycles. The molecule has 1 aliphatic rings. The molecule has 0 saturated carbocycles. The number of para-hydroxylation sites is 1. The quantitative estimate of drug-likeness (QED) is 0.470. The Morgan fingerprint density at radius 2 is 2.00 bits per heavy atom. The van der Waals surface area contributed by atoms with Gasteiger partial charge in [0.15, 0.2) is 0 Å². The van der Waals surface area contributed by atoms with Crippen molar-refractivity contribution in [3.05, 3.63) is 55.0 Å². The van der Waals surface area contributed by atoms with Gasteiger partial charge >= 0.3 is 6.09 Å². The van der Waals surface area contributed by atoms with Crippen LogP contribution in [0.3, 0.4) is 0 Å². The molecule has 1 aromatic carbocycles. The third kappa shape index (κ3) is 4.28. The van der Waals surface area contributed by atoms with E-state index in [1.807, 2.05) is 74.2 Å². The molecular formula is C25H27N5O3. The zero-order valence-corrected chi connectivity index (χ0v) is 19.0. The van der Waals surface area contributed by atoms with Crippen molar-refractivity contribution in [2.45, 2.75) is 38.8 Å². The smallest absolute Gasteiger partial charge is 0.410 e. The second kappa shape index (κ2) is 7.95. The SMILES string of the molecule is CC(C)(C)OC(=O)N1CC[C@H](n2cc(-c3cnc(N)c(-c4cc5ccccc5o4)c3)cn2)C1. The number of carbonyl (C=O) groups is 1. The van der Waals surface area contributed by atoms with Gasteiger partial charge in [-0.1, -0.05) is 18.2 Å². The van der Waals surface area contributed by atoms with Gasteiger partial charge in [-0.3, -0.25) is 4.68 Å². The number of hydrogen-bond acceptors (Lipinski definition) is 6. The summed E-state index contributed by atoms with van der Waals surface area (Å²) in [5.74, 6) is 1.09. The molecule has 5 rings (SSSR count). The highest BCUT2D eigenvalue weighted by Crippen LogP contribution is 2.34. The van der Waals surface area contributed by atoms with Gasteiger partial charge in [0.05, 0.1) is 17.8 Å². The minimum atomic E-state index is -0.506. The standard InChI is InChI=1S/C25H27N5O3/c1-25(2,3)33-24(31)29-9-8-19(15-29)30-14-18(13-28-30)17-10-20(23(26)27-12-17)22-11-16-6-4-5-7-21(16)32-22/h4-7,10-14,19H,8-9,15H2,1-3H3,(H2,26,27)/t19-/m0/s1. The van der Waals surface area contributed by atoms with Crippen LogP contribution in [0.25, 0.3) is 33.4 Å². The van der Waals surface area contributed by atoms with Gasteiger partial charge in [-0.2, -0.15) is 5.10 Å². The molecule has 8 nitrogen and oxygen atoms in total. The van der Waals surface area contributed by atoms with Crippen LogP contribution in [0.1, 0.15) is 33.2 Å². The Morgan fingerprint density at radius 1 is 1.18 bits per heavy atom. The fourth-order valence-electron chi connectivity index (χ4n) is 4.08. The summed E-state index contributed by atoms with van der Waals surface area (Å²) in [6, 6.07) is 11.9. The average Bonchev–Trinajstić information content (AvgIpc) is 3.51. The van der Waals surface area contributed by atoms with Crippen molar-refractivity contribution >= 4 is 22.9 Å². The van der Waals surface area contributed by atoms with Crippen LogP contribution in [-0.2, 0) is 4.74 Å². The Bertz CT molecular complexity index is 1280. The minimum Gasteiger partial charge on any atom is -0.456 e. The lowest BCUT2D eigenvalue weighted by Gasteiger charge is -2.24. The number of nitrogens with zero attached hydrogens (tertiary/aromatic N) is 4. The van der Waals surface area contributed by atoms with Gasteiger partial charge in [-0.25, -0.2) is 9.78 Å². The Kier molecular flexibility index (Phi) is 5.08. The van der Waals surface area contributed by atoms with Crippen molar-refractivity contribution in [2.24, 2.45) is 0 Å². The molecule has 1 amide bonds. The first kappa shape index (κ1) is 21.1. The molecule has 8 heteroatoms. The summed E-state index contributed by atoms with van der Waals surface area (Å²) in [4.78, 5) is 18.5. The van der Waals surface area contributed by atoms with Crippen LogP contribution < -0.4 is 5.73 Å². The summed E-state index contributed by atoms with van der Waals surface area (Å²) in [6.07, 6.45) is 6.08. The number of ether oxygens (including phenoxy) is 1. The van der Waals surface area contributed by atoms with E-state index < -0.39 is 5.60 Å². The number of hydrogen-bond donors (Lipinski definition) is 1. The highest BCUT2D eigenvalue weighted by molar-refractivity contribution is 5.86. The van der Waals surface area contributed by atoms with E-state index in [0.29, 0.717) is 24.7 Å². The number of anilines is 1. The number of aromatic nitrogens is 3. The molecular weight excluding hydrogens is 418 g/mol. The minimum absolute atomic E-state index is 0.0999. The van der Waals surface area contributed by atoms with Crippen LogP contribution in [0.4, 0.5) is 10.6 Å². The molecule has 0 bridgehead atoms. The number of carbonyl (C=O) groups excluding carboxylic acids is 1. The summed E-state index contributed by atoms with van der Waals surface area (Å²) >= 11 is 0. The van der Waals surface area contributed by atoms with Crippen molar-refractivity contribution in [3.63, 3.8) is 0 Å². The number of pyridine rings is 1. The fourth-order valence-corrected chi connectivity index (χ4v) is 4.08. The van der Waals surface area contributed by atoms with E-state index in [9.17, 15) is 4.79 Å². The molecule has 3 aromatic heterocycles. The molecule has 0 spiro atoms. The van der Waals surface area contributed by atoms with Crippen LogP contribution in [0, 0.1) is 0 Å². The van der Waals surface area contributed by atoms with Crippen molar-refractivity contribution in [1.82, 2.24) is 19.7 Å². The number of nitrogen functional groups attached to an aromatic ring is 1. The predicted molar refractivity (Wildman–Crippen MR) is 127 cm³/mol. The van der Waals surface area contributed by atoms with Crippen LogP contribution in [0.2, 0.25) is 0 Å². The Labute approximate surface area is 192 Å². The number of rotatable bonds is 3. The number of benzene rings is 1. The first-order valence-electron chi connectivity index (χ1n) is 11.0. The van der Waals surface area contributed by atoms with Crippen molar-refractivity contribution in [3.8, 4) is 22.5 Å². The Morgan fingerprint density at radius 3 is 2.79 bits per heavy atom. The first-order chi connectivity index (χ1) is 15.8. The van der Waals surface area contributed by atoms with Gasteiger partial charge in [0.1, 0.15) is 22.8 Å². The summed E-state index contributed by atoms with van der Waals surface area (Å²) in [6.45, 7) is 6.84. The molecule has 0 unspecified atom stereocenters. The predicted octanol–water partition coefficient (Wildman–Crippen LogP) is 5.12. The van der Waals surface area contributed by atoms with E-state index in [0.717, 1.165) is 34.1 Å². The lowest BCUT2D eigenvalue weighted by molar-refractivity contribution is 0.0288. The average molecular weight is 446 g/mol. The highest BCUT2D eigenvalue weighted by atomic mass is 16.6. The van der Waals surface area contributed by atoms with Crippen molar-refractivity contribution in [1.29, 1.82) is 0 Å². The van der Waals surface area contributed by atoms with E-state index in [1.165, 1.54) is 0 Å². The number of likely N-dealkylation sites (tertiary alicyclic amines) is 1. The van der Waals surface area contributed by atoms with Gasteiger partial charge in [-0.15, -0.1) is 0 Å². The molecule has 4 aromatic rings. The lowest BCUT2D eigenvalue weighted by atomic mass is 10.1. The van der Waals surface area contributed by atoms with Gasteiger partial charge in [-0.05, 0) is 45.4 Å². The molecule has 33 heavy (non-hydrogen) atoms. The number of nitrogens with two attached hydrogens (primary N) is 1. The fraction of sp³-hybridized carbons (Fsp3) is 0.320. The third-order valence-corrected chi connectivity index (χ3v) is 5.73. The second-order valence-corrected chi connectivity index (χ2v) is 9.38.